The quantitative estimate of drug-likeness (QED) is 0.797. The Labute approximate surface area is 144 Å². The number of anilines is 1. The number of morpholine rings is 1. The van der Waals surface area contributed by atoms with Crippen LogP contribution in [0.3, 0.4) is 0 Å². The molecule has 1 amide bonds. The smallest absolute Gasteiger partial charge is 0.253 e. The van der Waals surface area contributed by atoms with Crippen LogP contribution >= 0.6 is 11.8 Å². The van der Waals surface area contributed by atoms with Gasteiger partial charge >= 0.3 is 0 Å². The fraction of sp³-hybridized carbons (Fsp3) is 0.500. The average molecular weight is 345 g/mol. The average Bonchev–Trinajstić information content (AvgIpc) is 2.68. The van der Waals surface area contributed by atoms with Crippen molar-refractivity contribution in [2.75, 3.05) is 49.2 Å². The van der Waals surface area contributed by atoms with Gasteiger partial charge in [0.25, 0.3) is 5.91 Å². The molecule has 0 aromatic carbocycles. The Hall–Kier alpha value is -1.93. The minimum Gasteiger partial charge on any atom is -0.365 e. The summed E-state index contributed by atoms with van der Waals surface area (Å²) < 4.78 is 5.76. The lowest BCUT2D eigenvalue weighted by molar-refractivity contribution is -0.144. The molecule has 0 radical (unpaired) electrons. The summed E-state index contributed by atoms with van der Waals surface area (Å²) in [7, 11) is 0. The van der Waals surface area contributed by atoms with E-state index in [-0.39, 0.29) is 5.91 Å². The van der Waals surface area contributed by atoms with Crippen molar-refractivity contribution in [2.24, 2.45) is 0 Å². The number of carbonyl (C=O) groups is 1. The third kappa shape index (κ3) is 3.03. The van der Waals surface area contributed by atoms with E-state index in [1.54, 1.807) is 6.20 Å². The van der Waals surface area contributed by atoms with E-state index in [0.29, 0.717) is 25.3 Å². The number of pyridine rings is 1. The predicted octanol–water partition coefficient (Wildman–Crippen LogP) is 0.805. The lowest BCUT2D eigenvalue weighted by Gasteiger charge is -2.36. The Morgan fingerprint density at radius 2 is 2.08 bits per heavy atom. The summed E-state index contributed by atoms with van der Waals surface area (Å²) in [6.07, 6.45) is 2.82. The van der Waals surface area contributed by atoms with Crippen LogP contribution in [0.2, 0.25) is 0 Å². The first-order valence-electron chi connectivity index (χ1n) is 8.12. The molecule has 0 saturated carbocycles. The normalized spacial score (nSPS) is 21.9. The van der Waals surface area contributed by atoms with Crippen LogP contribution in [0, 0.1) is 0 Å². The molecule has 8 heteroatoms. The van der Waals surface area contributed by atoms with E-state index in [9.17, 15) is 4.79 Å². The van der Waals surface area contributed by atoms with Crippen molar-refractivity contribution in [3.8, 4) is 0 Å². The first-order valence-corrected chi connectivity index (χ1v) is 9.27. The van der Waals surface area contributed by atoms with Crippen molar-refractivity contribution in [3.05, 3.63) is 24.7 Å². The van der Waals surface area contributed by atoms with Crippen LogP contribution in [-0.2, 0) is 9.53 Å². The molecule has 0 spiro atoms. The van der Waals surface area contributed by atoms with E-state index < -0.39 is 6.10 Å². The lowest BCUT2D eigenvalue weighted by Crippen LogP contribution is -2.52. The number of nitrogens with zero attached hydrogens (tertiary/aromatic N) is 5. The minimum absolute atomic E-state index is 0.0940. The van der Waals surface area contributed by atoms with Crippen LogP contribution in [-0.4, -0.2) is 76.2 Å². The first-order chi connectivity index (χ1) is 11.8. The number of hydrogen-bond acceptors (Lipinski definition) is 7. The number of amides is 1. The molecule has 126 valence electrons. The van der Waals surface area contributed by atoms with Gasteiger partial charge in [-0.25, -0.2) is 15.0 Å². The van der Waals surface area contributed by atoms with Gasteiger partial charge in [-0.3, -0.25) is 4.79 Å². The van der Waals surface area contributed by atoms with Gasteiger partial charge in [-0.15, -0.1) is 0 Å². The third-order valence-electron chi connectivity index (χ3n) is 4.35. The summed E-state index contributed by atoms with van der Waals surface area (Å²) in [5.41, 5.74) is 0.671. The van der Waals surface area contributed by atoms with Crippen LogP contribution in [0.1, 0.15) is 0 Å². The molecule has 0 bridgehead atoms. The van der Waals surface area contributed by atoms with Crippen molar-refractivity contribution >= 4 is 34.5 Å². The molecule has 1 atom stereocenters. The SMILES string of the molecule is O=C(C1CN(c2ncnc3ncccc23)CCO1)N1CCSCC1. The van der Waals surface area contributed by atoms with E-state index in [1.807, 2.05) is 28.8 Å². The van der Waals surface area contributed by atoms with Gasteiger partial charge in [0.1, 0.15) is 12.1 Å². The molecule has 2 saturated heterocycles. The highest BCUT2D eigenvalue weighted by molar-refractivity contribution is 7.99. The number of carbonyl (C=O) groups excluding carboxylic acids is 1. The Bertz CT molecular complexity index is 732. The molecular weight excluding hydrogens is 326 g/mol. The van der Waals surface area contributed by atoms with Gasteiger partial charge in [-0.1, -0.05) is 0 Å². The van der Waals surface area contributed by atoms with Crippen molar-refractivity contribution < 1.29 is 9.53 Å². The second-order valence-corrected chi connectivity index (χ2v) is 7.04. The van der Waals surface area contributed by atoms with Crippen LogP contribution < -0.4 is 4.90 Å². The van der Waals surface area contributed by atoms with Gasteiger partial charge < -0.3 is 14.5 Å². The fourth-order valence-corrected chi connectivity index (χ4v) is 4.02. The number of aromatic nitrogens is 3. The predicted molar refractivity (Wildman–Crippen MR) is 93.2 cm³/mol. The van der Waals surface area contributed by atoms with Crippen molar-refractivity contribution in [2.45, 2.75) is 6.10 Å². The maximum Gasteiger partial charge on any atom is 0.253 e. The second kappa shape index (κ2) is 6.90. The number of thioether (sulfide) groups is 1. The van der Waals surface area contributed by atoms with E-state index in [1.165, 1.54) is 6.33 Å². The van der Waals surface area contributed by atoms with Gasteiger partial charge in [0.05, 0.1) is 18.5 Å². The molecule has 2 aromatic rings. The van der Waals surface area contributed by atoms with Gasteiger partial charge in [0.15, 0.2) is 11.8 Å². The molecule has 4 heterocycles. The van der Waals surface area contributed by atoms with E-state index >= 15 is 0 Å². The molecule has 4 rings (SSSR count). The zero-order chi connectivity index (χ0) is 16.4. The van der Waals surface area contributed by atoms with Crippen molar-refractivity contribution in [1.82, 2.24) is 19.9 Å². The van der Waals surface area contributed by atoms with Crippen molar-refractivity contribution in [1.29, 1.82) is 0 Å². The summed E-state index contributed by atoms with van der Waals surface area (Å²) in [5, 5.41) is 0.905. The summed E-state index contributed by atoms with van der Waals surface area (Å²) >= 11 is 1.89. The topological polar surface area (TPSA) is 71.5 Å². The third-order valence-corrected chi connectivity index (χ3v) is 5.29. The molecule has 24 heavy (non-hydrogen) atoms. The van der Waals surface area contributed by atoms with Crippen LogP contribution in [0.5, 0.6) is 0 Å². The highest BCUT2D eigenvalue weighted by atomic mass is 32.2. The van der Waals surface area contributed by atoms with E-state index in [0.717, 1.165) is 35.8 Å². The molecule has 2 aliphatic rings. The second-order valence-electron chi connectivity index (χ2n) is 5.81. The Kier molecular flexibility index (Phi) is 4.48. The fourth-order valence-electron chi connectivity index (χ4n) is 3.11. The summed E-state index contributed by atoms with van der Waals surface area (Å²) in [6.45, 7) is 3.36. The van der Waals surface area contributed by atoms with Gasteiger partial charge in [-0.05, 0) is 12.1 Å². The van der Waals surface area contributed by atoms with Crippen LogP contribution in [0.15, 0.2) is 24.7 Å². The lowest BCUT2D eigenvalue weighted by atomic mass is 10.2. The maximum absolute atomic E-state index is 12.7. The monoisotopic (exact) mass is 345 g/mol. The zero-order valence-corrected chi connectivity index (χ0v) is 14.1. The minimum atomic E-state index is -0.427. The molecule has 2 aromatic heterocycles. The Balaban J connectivity index is 1.55. The van der Waals surface area contributed by atoms with Crippen LogP contribution in [0.4, 0.5) is 5.82 Å². The van der Waals surface area contributed by atoms with E-state index in [4.69, 9.17) is 4.74 Å². The van der Waals surface area contributed by atoms with Crippen molar-refractivity contribution in [3.63, 3.8) is 0 Å². The van der Waals surface area contributed by atoms with Gasteiger partial charge in [-0.2, -0.15) is 11.8 Å². The molecule has 0 N–H and O–H groups in total. The molecule has 1 unspecified atom stereocenters. The molecule has 2 aliphatic heterocycles. The largest absolute Gasteiger partial charge is 0.365 e. The molecule has 7 nitrogen and oxygen atoms in total. The number of fused-ring (bicyclic) bond motifs is 1. The summed E-state index contributed by atoms with van der Waals surface area (Å²) in [6, 6.07) is 3.84. The molecule has 0 aliphatic carbocycles. The van der Waals surface area contributed by atoms with Gasteiger partial charge in [0, 0.05) is 37.3 Å². The number of ether oxygens (including phenoxy) is 1. The maximum atomic E-state index is 12.7. The summed E-state index contributed by atoms with van der Waals surface area (Å²) in [4.78, 5) is 29.7. The summed E-state index contributed by atoms with van der Waals surface area (Å²) in [5.74, 6) is 2.93. The number of rotatable bonds is 2. The highest BCUT2D eigenvalue weighted by Gasteiger charge is 2.32. The Morgan fingerprint density at radius 3 is 2.96 bits per heavy atom. The standard InChI is InChI=1S/C16H19N5O2S/c22-16(20-5-8-24-9-6-20)13-10-21(4-7-23-13)15-12-2-1-3-17-14(12)18-11-19-15/h1-3,11,13H,4-10H2. The molecular formula is C16H19N5O2S. The van der Waals surface area contributed by atoms with Crippen LogP contribution in [0.25, 0.3) is 11.0 Å². The zero-order valence-electron chi connectivity index (χ0n) is 13.3. The first kappa shape index (κ1) is 15.6. The number of hydrogen-bond donors (Lipinski definition) is 0. The Morgan fingerprint density at radius 1 is 1.21 bits per heavy atom. The highest BCUT2D eigenvalue weighted by Crippen LogP contribution is 2.24. The molecule has 2 fully saturated rings. The van der Waals surface area contributed by atoms with Gasteiger partial charge in [0.2, 0.25) is 0 Å². The van der Waals surface area contributed by atoms with E-state index in [2.05, 4.69) is 19.9 Å².